The number of hydrogen-bond acceptors (Lipinski definition) is 6. The molecule has 2 aromatic heterocycles. The van der Waals surface area contributed by atoms with Gasteiger partial charge in [0, 0.05) is 12.2 Å². The normalized spacial score (nSPS) is 11.0. The molecule has 0 atom stereocenters. The molecule has 0 spiro atoms. The predicted octanol–water partition coefficient (Wildman–Crippen LogP) is 5.32. The Morgan fingerprint density at radius 3 is 2.51 bits per heavy atom. The van der Waals surface area contributed by atoms with Gasteiger partial charge in [0.2, 0.25) is 5.91 Å². The number of nitrogens with one attached hydrogen (secondary N) is 2. The van der Waals surface area contributed by atoms with Gasteiger partial charge in [-0.25, -0.2) is 4.39 Å². The molecule has 0 bridgehead atoms. The van der Waals surface area contributed by atoms with E-state index in [1.54, 1.807) is 36.6 Å². The number of anilines is 2. The molecule has 0 unspecified atom stereocenters. The van der Waals surface area contributed by atoms with Gasteiger partial charge in [-0.05, 0) is 54.4 Å². The van der Waals surface area contributed by atoms with Crippen molar-refractivity contribution in [1.82, 2.24) is 14.8 Å². The number of hydrogen-bond donors (Lipinski definition) is 2. The summed E-state index contributed by atoms with van der Waals surface area (Å²) < 4.78 is 20.5. The van der Waals surface area contributed by atoms with Crippen LogP contribution < -0.4 is 10.6 Å². The first-order valence-corrected chi connectivity index (χ1v) is 11.9. The van der Waals surface area contributed by atoms with Crippen LogP contribution in [0.2, 0.25) is 0 Å². The second kappa shape index (κ2) is 11.0. The van der Waals surface area contributed by atoms with Crippen molar-refractivity contribution in [3.8, 4) is 11.6 Å². The molecule has 0 saturated heterocycles. The van der Waals surface area contributed by atoms with Gasteiger partial charge < -0.3 is 15.1 Å². The minimum atomic E-state index is -0.417. The quantitative estimate of drug-likeness (QED) is 0.306. The average Bonchev–Trinajstić information content (AvgIpc) is 3.49. The van der Waals surface area contributed by atoms with E-state index in [0.717, 1.165) is 0 Å². The summed E-state index contributed by atoms with van der Waals surface area (Å²) >= 11 is 1.25. The molecule has 4 aromatic rings. The molecular formula is C25H24FN5O3S. The number of halogens is 1. The average molecular weight is 494 g/mol. The highest BCUT2D eigenvalue weighted by Crippen LogP contribution is 2.26. The highest BCUT2D eigenvalue weighted by Gasteiger charge is 2.19. The summed E-state index contributed by atoms with van der Waals surface area (Å²) in [6.07, 6.45) is 1.58. The lowest BCUT2D eigenvalue weighted by atomic mass is 10.1. The molecule has 2 aromatic carbocycles. The smallest absolute Gasteiger partial charge is 0.257 e. The van der Waals surface area contributed by atoms with Gasteiger partial charge in [0.1, 0.15) is 5.82 Å². The fourth-order valence-corrected chi connectivity index (χ4v) is 4.10. The number of aromatic nitrogens is 3. The first kappa shape index (κ1) is 24.2. The monoisotopic (exact) mass is 493 g/mol. The van der Waals surface area contributed by atoms with E-state index in [9.17, 15) is 14.0 Å². The van der Waals surface area contributed by atoms with E-state index in [0.29, 0.717) is 46.1 Å². The molecule has 2 N–H and O–H groups in total. The summed E-state index contributed by atoms with van der Waals surface area (Å²) in [6.45, 7) is 4.83. The Bertz CT molecular complexity index is 1300. The SMILES string of the molecule is CC(C)Cn1c(SCC(=O)Nc2ccccc2C(=O)Nc2ccc(F)cc2)nnc1-c1ccco1. The van der Waals surface area contributed by atoms with Crippen molar-refractivity contribution in [2.45, 2.75) is 25.5 Å². The topological polar surface area (TPSA) is 102 Å². The lowest BCUT2D eigenvalue weighted by molar-refractivity contribution is -0.113. The van der Waals surface area contributed by atoms with Crippen molar-refractivity contribution in [3.05, 3.63) is 78.3 Å². The molecule has 0 aliphatic rings. The van der Waals surface area contributed by atoms with E-state index in [4.69, 9.17) is 4.42 Å². The largest absolute Gasteiger partial charge is 0.461 e. The number of thioether (sulfide) groups is 1. The summed E-state index contributed by atoms with van der Waals surface area (Å²) in [6, 6.07) is 15.7. The zero-order valence-electron chi connectivity index (χ0n) is 19.2. The number of rotatable bonds is 9. The van der Waals surface area contributed by atoms with Crippen LogP contribution in [0.1, 0.15) is 24.2 Å². The molecule has 2 heterocycles. The Labute approximate surface area is 205 Å². The minimum absolute atomic E-state index is 0.0717. The van der Waals surface area contributed by atoms with Crippen LogP contribution in [0.5, 0.6) is 0 Å². The van der Waals surface area contributed by atoms with E-state index in [1.807, 2.05) is 10.6 Å². The lowest BCUT2D eigenvalue weighted by Crippen LogP contribution is -2.19. The molecule has 10 heteroatoms. The van der Waals surface area contributed by atoms with Gasteiger partial charge in [-0.3, -0.25) is 14.2 Å². The third-order valence-electron chi connectivity index (χ3n) is 4.89. The Morgan fingerprint density at radius 1 is 1.03 bits per heavy atom. The van der Waals surface area contributed by atoms with Crippen LogP contribution in [0.25, 0.3) is 11.6 Å². The summed E-state index contributed by atoms with van der Waals surface area (Å²) in [5, 5.41) is 14.6. The number of carbonyl (C=O) groups excluding carboxylic acids is 2. The van der Waals surface area contributed by atoms with Gasteiger partial charge in [0.15, 0.2) is 16.7 Å². The Morgan fingerprint density at radius 2 is 1.80 bits per heavy atom. The van der Waals surface area contributed by atoms with Gasteiger partial charge >= 0.3 is 0 Å². The van der Waals surface area contributed by atoms with E-state index in [1.165, 1.54) is 36.0 Å². The Kier molecular flexibility index (Phi) is 7.61. The maximum absolute atomic E-state index is 13.1. The number of benzene rings is 2. The molecule has 0 saturated carbocycles. The molecule has 8 nitrogen and oxygen atoms in total. The van der Waals surface area contributed by atoms with Crippen LogP contribution in [0.15, 0.2) is 76.5 Å². The van der Waals surface area contributed by atoms with E-state index in [-0.39, 0.29) is 11.7 Å². The Hall–Kier alpha value is -3.92. The fraction of sp³-hybridized carbons (Fsp3) is 0.200. The molecule has 35 heavy (non-hydrogen) atoms. The number of para-hydroxylation sites is 1. The highest BCUT2D eigenvalue weighted by molar-refractivity contribution is 7.99. The van der Waals surface area contributed by atoms with Crippen molar-refractivity contribution in [3.63, 3.8) is 0 Å². The summed E-state index contributed by atoms with van der Waals surface area (Å²) in [7, 11) is 0. The van der Waals surface area contributed by atoms with Gasteiger partial charge in [0.05, 0.1) is 23.3 Å². The van der Waals surface area contributed by atoms with Gasteiger partial charge in [0.25, 0.3) is 5.91 Å². The molecule has 0 fully saturated rings. The van der Waals surface area contributed by atoms with Crippen molar-refractivity contribution >= 4 is 35.0 Å². The van der Waals surface area contributed by atoms with E-state index in [2.05, 4.69) is 34.7 Å². The molecular weight excluding hydrogens is 469 g/mol. The maximum atomic E-state index is 13.1. The lowest BCUT2D eigenvalue weighted by Gasteiger charge is -2.13. The minimum Gasteiger partial charge on any atom is -0.461 e. The standard InChI is InChI=1S/C25H24FN5O3S/c1-16(2)14-31-23(21-8-5-13-34-21)29-30-25(31)35-15-22(32)28-20-7-4-3-6-19(20)24(33)27-18-11-9-17(26)10-12-18/h3-13,16H,14-15H2,1-2H3,(H,27,33)(H,28,32). The zero-order chi connectivity index (χ0) is 24.8. The summed E-state index contributed by atoms with van der Waals surface area (Å²) in [5.74, 6) is 0.510. The van der Waals surface area contributed by atoms with Crippen molar-refractivity contribution in [2.24, 2.45) is 5.92 Å². The molecule has 0 aliphatic heterocycles. The van der Waals surface area contributed by atoms with Crippen molar-refractivity contribution < 1.29 is 18.4 Å². The van der Waals surface area contributed by atoms with Crippen LogP contribution in [0.3, 0.4) is 0 Å². The van der Waals surface area contributed by atoms with Gasteiger partial charge in [-0.1, -0.05) is 37.7 Å². The zero-order valence-corrected chi connectivity index (χ0v) is 20.0. The summed E-state index contributed by atoms with van der Waals surface area (Å²) in [5.41, 5.74) is 1.11. The van der Waals surface area contributed by atoms with Crippen molar-refractivity contribution in [2.75, 3.05) is 16.4 Å². The number of furan rings is 1. The molecule has 4 rings (SSSR count). The van der Waals surface area contributed by atoms with E-state index >= 15 is 0 Å². The van der Waals surface area contributed by atoms with Crippen LogP contribution in [0, 0.1) is 11.7 Å². The number of carbonyl (C=O) groups is 2. The second-order valence-corrected chi connectivity index (χ2v) is 9.07. The molecule has 2 amide bonds. The fourth-order valence-electron chi connectivity index (χ4n) is 3.35. The van der Waals surface area contributed by atoms with Crippen LogP contribution >= 0.6 is 11.8 Å². The molecule has 0 radical (unpaired) electrons. The highest BCUT2D eigenvalue weighted by atomic mass is 32.2. The Balaban J connectivity index is 1.43. The molecule has 0 aliphatic carbocycles. The first-order valence-electron chi connectivity index (χ1n) is 11.0. The summed E-state index contributed by atoms with van der Waals surface area (Å²) in [4.78, 5) is 25.5. The third-order valence-corrected chi connectivity index (χ3v) is 5.85. The van der Waals surface area contributed by atoms with Gasteiger partial charge in [-0.15, -0.1) is 10.2 Å². The molecule has 180 valence electrons. The van der Waals surface area contributed by atoms with Crippen LogP contribution in [-0.4, -0.2) is 32.3 Å². The van der Waals surface area contributed by atoms with Crippen LogP contribution in [-0.2, 0) is 11.3 Å². The number of nitrogens with zero attached hydrogens (tertiary/aromatic N) is 3. The third kappa shape index (κ3) is 6.15. The van der Waals surface area contributed by atoms with Crippen LogP contribution in [0.4, 0.5) is 15.8 Å². The second-order valence-electron chi connectivity index (χ2n) is 8.13. The first-order chi connectivity index (χ1) is 16.9. The predicted molar refractivity (Wildman–Crippen MR) is 133 cm³/mol. The van der Waals surface area contributed by atoms with Crippen molar-refractivity contribution in [1.29, 1.82) is 0 Å². The van der Waals surface area contributed by atoms with E-state index < -0.39 is 11.7 Å². The number of amides is 2. The maximum Gasteiger partial charge on any atom is 0.257 e. The van der Waals surface area contributed by atoms with Gasteiger partial charge in [-0.2, -0.15) is 0 Å².